The van der Waals surface area contributed by atoms with Gasteiger partial charge in [-0.05, 0) is 0 Å². The Morgan fingerprint density at radius 3 is 2.31 bits per heavy atom. The van der Waals surface area contributed by atoms with Crippen LogP contribution in [0.25, 0.3) is 0 Å². The highest BCUT2D eigenvalue weighted by molar-refractivity contribution is 7.30. The van der Waals surface area contributed by atoms with Crippen LogP contribution in [-0.4, -0.2) is 27.2 Å². The first kappa shape index (κ1) is 14.8. The molecule has 0 aromatic rings. The molecule has 0 saturated heterocycles. The summed E-state index contributed by atoms with van der Waals surface area (Å²) in [5.74, 6) is -0.593. The summed E-state index contributed by atoms with van der Waals surface area (Å²) in [4.78, 5) is 24.6. The Kier molecular flexibility index (Phi) is 10.7. The highest BCUT2D eigenvalue weighted by Crippen LogP contribution is 1.98. The third-order valence-electron chi connectivity index (χ3n) is 0.768. The van der Waals surface area contributed by atoms with Crippen LogP contribution < -0.4 is 0 Å². The number of carbonyl (C=O) groups excluding carboxylic acids is 1. The van der Waals surface area contributed by atoms with Crippen molar-refractivity contribution in [1.82, 2.24) is 0 Å². The lowest BCUT2D eigenvalue weighted by molar-refractivity contribution is -0.161. The molecule has 1 unspecified atom stereocenters. The molecule has 0 aromatic heterocycles. The highest BCUT2D eigenvalue weighted by atomic mass is 31.1. The Labute approximate surface area is 76.4 Å². The normalized spacial score (nSPS) is 11.2. The molecule has 13 heavy (non-hydrogen) atoms. The molecule has 0 rings (SSSR count). The van der Waals surface area contributed by atoms with Crippen molar-refractivity contribution in [3.63, 3.8) is 0 Å². The monoisotopic (exact) mass is 212 g/mol. The molecular formula is C6H13O6P. The second kappa shape index (κ2) is 9.41. The maximum atomic E-state index is 10.3. The molecule has 0 heterocycles. The molecule has 0 aliphatic rings. The average molecular weight is 212 g/mol. The Bertz CT molecular complexity index is 176. The van der Waals surface area contributed by atoms with Gasteiger partial charge in [-0.1, -0.05) is 13.5 Å². The fourth-order valence-electron chi connectivity index (χ4n) is 0.266. The fraction of sp³-hybridized carbons (Fsp3) is 0.500. The molecular weight excluding hydrogens is 199 g/mol. The van der Waals surface area contributed by atoms with Crippen LogP contribution in [0.1, 0.15) is 13.3 Å². The van der Waals surface area contributed by atoms with Gasteiger partial charge in [-0.25, -0.2) is 4.79 Å². The van der Waals surface area contributed by atoms with E-state index in [9.17, 15) is 4.79 Å². The van der Waals surface area contributed by atoms with Crippen molar-refractivity contribution in [2.45, 2.75) is 19.6 Å². The fourth-order valence-corrected chi connectivity index (χ4v) is 0.266. The lowest BCUT2D eigenvalue weighted by atomic mass is 10.5. The summed E-state index contributed by atoms with van der Waals surface area (Å²) in [5.41, 5.74) is 0. The van der Waals surface area contributed by atoms with Crippen LogP contribution in [0.2, 0.25) is 0 Å². The Morgan fingerprint density at radius 2 is 2.08 bits per heavy atom. The second-order valence-corrected chi connectivity index (χ2v) is 2.35. The first-order valence-corrected chi connectivity index (χ1v) is 4.67. The molecule has 0 aliphatic carbocycles. The molecule has 6 nitrogen and oxygen atoms in total. The zero-order valence-corrected chi connectivity index (χ0v) is 8.14. The van der Waals surface area contributed by atoms with Crippen molar-refractivity contribution in [1.29, 1.82) is 0 Å². The lowest BCUT2D eigenvalue weighted by Gasteiger charge is -2.05. The van der Waals surface area contributed by atoms with E-state index in [-0.39, 0.29) is 0 Å². The minimum Gasteiger partial charge on any atom is -0.433 e. The van der Waals surface area contributed by atoms with Crippen LogP contribution >= 0.6 is 8.25 Å². The average Bonchev–Trinajstić information content (AvgIpc) is 2.03. The number of esters is 1. The summed E-state index contributed by atoms with van der Waals surface area (Å²) in [5, 5.41) is 8.67. The van der Waals surface area contributed by atoms with Crippen LogP contribution in [0.3, 0.4) is 0 Å². The summed E-state index contributed by atoms with van der Waals surface area (Å²) >= 11 is 0. The van der Waals surface area contributed by atoms with Gasteiger partial charge in [0, 0.05) is 12.5 Å². The van der Waals surface area contributed by atoms with Crippen molar-refractivity contribution >= 4 is 14.2 Å². The van der Waals surface area contributed by atoms with E-state index in [1.807, 2.05) is 0 Å². The van der Waals surface area contributed by atoms with Gasteiger partial charge in [-0.3, -0.25) is 4.57 Å². The maximum Gasteiger partial charge on any atom is 0.332 e. The smallest absolute Gasteiger partial charge is 0.332 e. The van der Waals surface area contributed by atoms with Gasteiger partial charge in [0.15, 0.2) is 0 Å². The second-order valence-electron chi connectivity index (χ2n) is 1.79. The van der Waals surface area contributed by atoms with E-state index in [0.717, 1.165) is 6.08 Å². The minimum absolute atomic E-state index is 0.402. The zero-order chi connectivity index (χ0) is 10.9. The minimum atomic E-state index is -3.13. The topological polar surface area (TPSA) is 104 Å². The van der Waals surface area contributed by atoms with E-state index < -0.39 is 20.5 Å². The summed E-state index contributed by atoms with van der Waals surface area (Å²) < 4.78 is 13.1. The quantitative estimate of drug-likeness (QED) is 0.259. The van der Waals surface area contributed by atoms with Crippen molar-refractivity contribution in [2.24, 2.45) is 0 Å². The third kappa shape index (κ3) is 18.4. The number of hydrogen-bond donors (Lipinski definition) is 3. The van der Waals surface area contributed by atoms with E-state index in [2.05, 4.69) is 11.3 Å². The van der Waals surface area contributed by atoms with Gasteiger partial charge in [-0.2, -0.15) is 0 Å². The molecule has 1 atom stereocenters. The van der Waals surface area contributed by atoms with Crippen LogP contribution in [-0.2, 0) is 14.1 Å². The van der Waals surface area contributed by atoms with Gasteiger partial charge in [0.1, 0.15) is 0 Å². The van der Waals surface area contributed by atoms with Crippen LogP contribution in [0.5, 0.6) is 0 Å². The van der Waals surface area contributed by atoms with Crippen molar-refractivity contribution < 1.29 is 29.0 Å². The van der Waals surface area contributed by atoms with Gasteiger partial charge in [0.05, 0.1) is 0 Å². The number of rotatable bonds is 3. The molecule has 0 bridgehead atoms. The molecule has 78 valence electrons. The molecule has 0 radical (unpaired) electrons. The number of ether oxygens (including phenoxy) is 1. The van der Waals surface area contributed by atoms with Crippen molar-refractivity contribution in [2.75, 3.05) is 0 Å². The Balaban J connectivity index is 0. The predicted octanol–water partition coefficient (Wildman–Crippen LogP) is -0.195. The number of carbonyl (C=O) groups is 1. The first-order valence-electron chi connectivity index (χ1n) is 3.37. The summed E-state index contributed by atoms with van der Waals surface area (Å²) in [6, 6.07) is 0. The summed E-state index contributed by atoms with van der Waals surface area (Å²) in [6.45, 7) is 4.87. The first-order chi connectivity index (χ1) is 5.93. The molecule has 0 aromatic carbocycles. The van der Waals surface area contributed by atoms with E-state index in [1.165, 1.54) is 0 Å². The van der Waals surface area contributed by atoms with E-state index >= 15 is 0 Å². The molecule has 0 fully saturated rings. The van der Waals surface area contributed by atoms with Gasteiger partial charge in [-0.15, -0.1) is 0 Å². The van der Waals surface area contributed by atoms with Crippen LogP contribution in [0.4, 0.5) is 0 Å². The SMILES string of the molecule is C=CC(=O)OC(O)CC.O=[PH](O)O. The molecule has 0 spiro atoms. The maximum absolute atomic E-state index is 10.3. The molecule has 0 aliphatic heterocycles. The van der Waals surface area contributed by atoms with Gasteiger partial charge < -0.3 is 19.6 Å². The highest BCUT2D eigenvalue weighted by Gasteiger charge is 2.02. The largest absolute Gasteiger partial charge is 0.433 e. The molecule has 0 saturated carbocycles. The van der Waals surface area contributed by atoms with Gasteiger partial charge in [0.25, 0.3) is 0 Å². The van der Waals surface area contributed by atoms with E-state index in [4.69, 9.17) is 19.5 Å². The molecule has 3 N–H and O–H groups in total. The zero-order valence-electron chi connectivity index (χ0n) is 7.14. The van der Waals surface area contributed by atoms with Gasteiger partial charge >= 0.3 is 14.2 Å². The van der Waals surface area contributed by atoms with Gasteiger partial charge in [0.2, 0.25) is 6.29 Å². The Hall–Kier alpha value is -0.680. The predicted molar refractivity (Wildman–Crippen MR) is 46.0 cm³/mol. The lowest BCUT2D eigenvalue weighted by Crippen LogP contribution is -2.14. The van der Waals surface area contributed by atoms with E-state index in [1.54, 1.807) is 6.92 Å². The number of hydrogen-bond acceptors (Lipinski definition) is 4. The number of aliphatic hydroxyl groups excluding tert-OH is 1. The Morgan fingerprint density at radius 1 is 1.69 bits per heavy atom. The van der Waals surface area contributed by atoms with Crippen LogP contribution in [0.15, 0.2) is 12.7 Å². The summed E-state index contributed by atoms with van der Waals surface area (Å²) in [6.07, 6.45) is 0.425. The molecule has 7 heteroatoms. The number of aliphatic hydroxyl groups is 1. The standard InChI is InChI=1S/C6H10O3.H3O3P/c1-3-5(7)9-6(8)4-2;1-4(2)3/h3,6,8H,1,4H2,2H3;4H,(H2,1,2,3). The van der Waals surface area contributed by atoms with Crippen molar-refractivity contribution in [3.05, 3.63) is 12.7 Å². The van der Waals surface area contributed by atoms with Crippen molar-refractivity contribution in [3.8, 4) is 0 Å². The summed E-state index contributed by atoms with van der Waals surface area (Å²) in [7, 11) is -3.13. The third-order valence-corrected chi connectivity index (χ3v) is 0.768. The molecule has 0 amide bonds. The van der Waals surface area contributed by atoms with E-state index in [0.29, 0.717) is 6.42 Å². The van der Waals surface area contributed by atoms with Crippen LogP contribution in [0, 0.1) is 0 Å².